The molecule has 3 N–H and O–H groups in total. The lowest BCUT2D eigenvalue weighted by atomic mass is 9.93. The van der Waals surface area contributed by atoms with Crippen molar-refractivity contribution >= 4 is 12.0 Å². The molecule has 2 rings (SSSR count). The van der Waals surface area contributed by atoms with E-state index < -0.39 is 0 Å². The van der Waals surface area contributed by atoms with Gasteiger partial charge in [0.15, 0.2) is 0 Å². The zero-order valence-corrected chi connectivity index (χ0v) is 12.0. The molecule has 0 bridgehead atoms. The summed E-state index contributed by atoms with van der Waals surface area (Å²) in [6, 6.07) is 0.339. The van der Waals surface area contributed by atoms with Crippen molar-refractivity contribution in [2.75, 3.05) is 5.32 Å². The summed E-state index contributed by atoms with van der Waals surface area (Å²) in [4.78, 5) is 8.26. The largest absolute Gasteiger partial charge is 0.393 e. The second kappa shape index (κ2) is 7.84. The van der Waals surface area contributed by atoms with Gasteiger partial charge in [0.25, 0.3) is 0 Å². The Morgan fingerprint density at radius 1 is 1.26 bits per heavy atom. The van der Waals surface area contributed by atoms with Gasteiger partial charge in [0, 0.05) is 12.3 Å². The average Bonchev–Trinajstić information content (AvgIpc) is 2.44. The van der Waals surface area contributed by atoms with Crippen LogP contribution in [0.1, 0.15) is 50.8 Å². The first kappa shape index (κ1) is 15.6. The molecule has 0 unspecified atom stereocenters. The zero-order chi connectivity index (χ0) is 14.3. The Balaban J connectivity index is 0.000000861. The van der Waals surface area contributed by atoms with Crippen LogP contribution in [0, 0.1) is 12.3 Å². The molecule has 1 aliphatic carbocycles. The Morgan fingerprint density at radius 2 is 1.89 bits per heavy atom. The summed E-state index contributed by atoms with van der Waals surface area (Å²) in [6.07, 6.45) is 6.21. The van der Waals surface area contributed by atoms with Gasteiger partial charge in [-0.25, -0.2) is 9.97 Å². The molecule has 0 saturated heterocycles. The minimum Gasteiger partial charge on any atom is -0.393 e. The molecule has 0 aromatic carbocycles. The molecular formula is C14H24N4O. The van der Waals surface area contributed by atoms with E-state index in [9.17, 15) is 5.11 Å². The summed E-state index contributed by atoms with van der Waals surface area (Å²) in [5.41, 5.74) is 1.56. The van der Waals surface area contributed by atoms with E-state index in [2.05, 4.69) is 15.3 Å². The van der Waals surface area contributed by atoms with Gasteiger partial charge < -0.3 is 15.8 Å². The van der Waals surface area contributed by atoms with Gasteiger partial charge in [-0.15, -0.1) is 0 Å². The summed E-state index contributed by atoms with van der Waals surface area (Å²) in [7, 11) is 0. The van der Waals surface area contributed by atoms with Gasteiger partial charge in [0.2, 0.25) is 0 Å². The normalized spacial score (nSPS) is 22.1. The monoisotopic (exact) mass is 264 g/mol. The third-order valence-corrected chi connectivity index (χ3v) is 3.27. The van der Waals surface area contributed by atoms with Gasteiger partial charge in [-0.1, -0.05) is 13.8 Å². The molecule has 1 aromatic rings. The fourth-order valence-corrected chi connectivity index (χ4v) is 2.18. The fourth-order valence-electron chi connectivity index (χ4n) is 2.18. The van der Waals surface area contributed by atoms with Crippen molar-refractivity contribution in [1.29, 1.82) is 5.41 Å². The first-order chi connectivity index (χ1) is 9.20. The lowest BCUT2D eigenvalue weighted by Crippen LogP contribution is -2.29. The fraction of sp³-hybridized carbons (Fsp3) is 0.643. The van der Waals surface area contributed by atoms with Crippen molar-refractivity contribution in [1.82, 2.24) is 9.97 Å². The molecule has 0 atom stereocenters. The Hall–Kier alpha value is -1.49. The highest BCUT2D eigenvalue weighted by molar-refractivity contribution is 5.85. The summed E-state index contributed by atoms with van der Waals surface area (Å²) in [5.74, 6) is 0.730. The second-order valence-corrected chi connectivity index (χ2v) is 4.52. The van der Waals surface area contributed by atoms with Crippen molar-refractivity contribution in [3.63, 3.8) is 0 Å². The van der Waals surface area contributed by atoms with E-state index in [1.165, 1.54) is 12.5 Å². The van der Waals surface area contributed by atoms with E-state index >= 15 is 0 Å². The molecule has 1 heterocycles. The highest BCUT2D eigenvalue weighted by Crippen LogP contribution is 2.22. The molecule has 5 nitrogen and oxygen atoms in total. The number of aromatic nitrogens is 2. The second-order valence-electron chi connectivity index (χ2n) is 4.52. The van der Waals surface area contributed by atoms with Gasteiger partial charge in [-0.05, 0) is 32.6 Å². The maximum atomic E-state index is 9.45. The van der Waals surface area contributed by atoms with E-state index in [0.717, 1.165) is 42.8 Å². The SMILES string of the molecule is CC.Cc1ncnc(NC2CCC(O)CC2)c1C=N. The molecule has 1 aliphatic rings. The summed E-state index contributed by atoms with van der Waals surface area (Å²) < 4.78 is 0. The van der Waals surface area contributed by atoms with Crippen molar-refractivity contribution in [2.24, 2.45) is 0 Å². The number of rotatable bonds is 3. The summed E-state index contributed by atoms with van der Waals surface area (Å²) >= 11 is 0. The number of aliphatic hydroxyl groups excluding tert-OH is 1. The van der Waals surface area contributed by atoms with Gasteiger partial charge in [-0.2, -0.15) is 0 Å². The maximum absolute atomic E-state index is 9.45. The predicted molar refractivity (Wildman–Crippen MR) is 77.9 cm³/mol. The van der Waals surface area contributed by atoms with Crippen LogP contribution in [-0.2, 0) is 0 Å². The van der Waals surface area contributed by atoms with Crippen LogP contribution in [0.15, 0.2) is 6.33 Å². The third-order valence-electron chi connectivity index (χ3n) is 3.27. The molecule has 0 aliphatic heterocycles. The highest BCUT2D eigenvalue weighted by atomic mass is 16.3. The molecule has 19 heavy (non-hydrogen) atoms. The average molecular weight is 264 g/mol. The smallest absolute Gasteiger partial charge is 0.138 e. The Labute approximate surface area is 115 Å². The molecule has 0 spiro atoms. The highest BCUT2D eigenvalue weighted by Gasteiger charge is 2.20. The zero-order valence-electron chi connectivity index (χ0n) is 12.0. The van der Waals surface area contributed by atoms with Crippen LogP contribution in [0.2, 0.25) is 0 Å². The molecule has 1 saturated carbocycles. The molecule has 0 amide bonds. The van der Waals surface area contributed by atoms with Crippen LogP contribution in [0.25, 0.3) is 0 Å². The maximum Gasteiger partial charge on any atom is 0.138 e. The molecule has 1 fully saturated rings. The lowest BCUT2D eigenvalue weighted by molar-refractivity contribution is 0.126. The van der Waals surface area contributed by atoms with Crippen molar-refractivity contribution in [2.45, 2.75) is 58.6 Å². The minimum absolute atomic E-state index is 0.151. The topological polar surface area (TPSA) is 81.9 Å². The number of aliphatic hydroxyl groups is 1. The molecule has 1 aromatic heterocycles. The van der Waals surface area contributed by atoms with Crippen LogP contribution < -0.4 is 5.32 Å². The van der Waals surface area contributed by atoms with Crippen LogP contribution in [0.4, 0.5) is 5.82 Å². The number of nitrogens with zero attached hydrogens (tertiary/aromatic N) is 2. The van der Waals surface area contributed by atoms with Gasteiger partial charge in [0.1, 0.15) is 12.1 Å². The van der Waals surface area contributed by atoms with Crippen LogP contribution in [0.5, 0.6) is 0 Å². The van der Waals surface area contributed by atoms with Crippen LogP contribution in [-0.4, -0.2) is 33.4 Å². The Bertz CT molecular complexity index is 400. The van der Waals surface area contributed by atoms with Crippen molar-refractivity contribution in [3.05, 3.63) is 17.6 Å². The van der Waals surface area contributed by atoms with Gasteiger partial charge in [0.05, 0.1) is 17.4 Å². The van der Waals surface area contributed by atoms with E-state index in [4.69, 9.17) is 5.41 Å². The Kier molecular flexibility index (Phi) is 6.42. The quantitative estimate of drug-likeness (QED) is 0.733. The first-order valence-corrected chi connectivity index (χ1v) is 6.97. The van der Waals surface area contributed by atoms with Gasteiger partial charge in [-0.3, -0.25) is 0 Å². The third kappa shape index (κ3) is 4.28. The Morgan fingerprint density at radius 3 is 2.47 bits per heavy atom. The van der Waals surface area contributed by atoms with E-state index in [1.807, 2.05) is 20.8 Å². The van der Waals surface area contributed by atoms with Crippen molar-refractivity contribution in [3.8, 4) is 0 Å². The summed E-state index contributed by atoms with van der Waals surface area (Å²) in [6.45, 7) is 5.87. The predicted octanol–water partition coefficient (Wildman–Crippen LogP) is 2.52. The van der Waals surface area contributed by atoms with Crippen LogP contribution >= 0.6 is 0 Å². The van der Waals surface area contributed by atoms with Crippen molar-refractivity contribution < 1.29 is 5.11 Å². The van der Waals surface area contributed by atoms with Crippen LogP contribution in [0.3, 0.4) is 0 Å². The molecule has 106 valence electrons. The van der Waals surface area contributed by atoms with E-state index in [0.29, 0.717) is 6.04 Å². The number of anilines is 1. The number of nitrogens with one attached hydrogen (secondary N) is 2. The molecule has 0 radical (unpaired) electrons. The van der Waals surface area contributed by atoms with Gasteiger partial charge >= 0.3 is 0 Å². The molecule has 5 heteroatoms. The summed E-state index contributed by atoms with van der Waals surface area (Å²) in [5, 5.41) is 20.2. The number of hydrogen-bond donors (Lipinski definition) is 3. The molecular weight excluding hydrogens is 240 g/mol. The minimum atomic E-state index is -0.151. The lowest BCUT2D eigenvalue weighted by Gasteiger charge is -2.27. The standard InChI is InChI=1S/C12H18N4O.C2H6/c1-8-11(6-13)12(15-7-14-8)16-9-2-4-10(17)5-3-9;1-2/h6-7,9-10,13,17H,2-5H2,1H3,(H,14,15,16);1-2H3. The number of hydrogen-bond acceptors (Lipinski definition) is 5. The number of aryl methyl sites for hydroxylation is 1. The van der Waals surface area contributed by atoms with E-state index in [1.54, 1.807) is 0 Å². The van der Waals surface area contributed by atoms with E-state index in [-0.39, 0.29) is 6.10 Å². The first-order valence-electron chi connectivity index (χ1n) is 6.97.